The number of ether oxygens (including phenoxy) is 2. The Balaban J connectivity index is 1.89. The van der Waals surface area contributed by atoms with Crippen LogP contribution in [0.25, 0.3) is 0 Å². The van der Waals surface area contributed by atoms with Gasteiger partial charge in [-0.15, -0.1) is 0 Å². The largest absolute Gasteiger partial charge is 0.491 e. The van der Waals surface area contributed by atoms with Crippen LogP contribution in [0.15, 0.2) is 24.3 Å². The van der Waals surface area contributed by atoms with Crippen LogP contribution in [0.3, 0.4) is 0 Å². The van der Waals surface area contributed by atoms with Gasteiger partial charge >= 0.3 is 0 Å². The Bertz CT molecular complexity index is 428. The van der Waals surface area contributed by atoms with Crippen LogP contribution < -0.4 is 15.8 Å². The molecule has 1 fully saturated rings. The minimum atomic E-state index is -0.531. The molecule has 1 saturated heterocycles. The Morgan fingerprint density at radius 1 is 1.63 bits per heavy atom. The molecule has 2 atom stereocenters. The fraction of sp³-hybridized carbons (Fsp3) is 0.500. The average Bonchev–Trinajstić information content (AvgIpc) is 2.90. The number of nitrogens with one attached hydrogen (secondary N) is 1. The van der Waals surface area contributed by atoms with Gasteiger partial charge in [-0.3, -0.25) is 4.79 Å². The van der Waals surface area contributed by atoms with Crippen molar-refractivity contribution in [3.63, 3.8) is 0 Å². The fourth-order valence-electron chi connectivity index (χ4n) is 1.88. The van der Waals surface area contributed by atoms with E-state index in [1.165, 1.54) is 0 Å². The van der Waals surface area contributed by atoms with Gasteiger partial charge in [0.15, 0.2) is 0 Å². The maximum atomic E-state index is 11.5. The smallest absolute Gasteiger partial charge is 0.241 e. The van der Waals surface area contributed by atoms with Crippen molar-refractivity contribution in [1.82, 2.24) is 0 Å². The van der Waals surface area contributed by atoms with Gasteiger partial charge in [-0.25, -0.2) is 0 Å². The lowest BCUT2D eigenvalue weighted by atomic mass is 10.2. The van der Waals surface area contributed by atoms with E-state index in [1.807, 2.05) is 12.1 Å². The summed E-state index contributed by atoms with van der Waals surface area (Å²) in [5.41, 5.74) is 6.19. The van der Waals surface area contributed by atoms with Crippen LogP contribution in [0.5, 0.6) is 5.75 Å². The highest BCUT2D eigenvalue weighted by Gasteiger charge is 2.16. The second-order valence-electron chi connectivity index (χ2n) is 4.75. The predicted molar refractivity (Wildman–Crippen MR) is 73.2 cm³/mol. The van der Waals surface area contributed by atoms with Gasteiger partial charge in [0.05, 0.1) is 12.1 Å². The highest BCUT2D eigenvalue weighted by Crippen LogP contribution is 2.19. The van der Waals surface area contributed by atoms with E-state index in [1.54, 1.807) is 19.1 Å². The molecular weight excluding hydrogens is 244 g/mol. The highest BCUT2D eigenvalue weighted by molar-refractivity contribution is 5.94. The molecule has 2 rings (SSSR count). The SMILES string of the molecule is CC(N)C(=O)Nc1cccc(OCC2CCCO2)c1. The Morgan fingerprint density at radius 3 is 3.16 bits per heavy atom. The van der Waals surface area contributed by atoms with Gasteiger partial charge in [-0.1, -0.05) is 6.07 Å². The summed E-state index contributed by atoms with van der Waals surface area (Å²) in [6.07, 6.45) is 2.32. The normalized spacial score (nSPS) is 20.0. The van der Waals surface area contributed by atoms with Crippen molar-refractivity contribution < 1.29 is 14.3 Å². The summed E-state index contributed by atoms with van der Waals surface area (Å²) in [7, 11) is 0. The molecule has 2 unspecified atom stereocenters. The zero-order valence-corrected chi connectivity index (χ0v) is 11.1. The number of anilines is 1. The van der Waals surface area contributed by atoms with Gasteiger partial charge in [0, 0.05) is 18.4 Å². The first kappa shape index (κ1) is 13.8. The minimum Gasteiger partial charge on any atom is -0.491 e. The Hall–Kier alpha value is -1.59. The molecule has 0 spiro atoms. The van der Waals surface area contributed by atoms with Gasteiger partial charge in [-0.05, 0) is 31.9 Å². The van der Waals surface area contributed by atoms with Gasteiger partial charge in [0.25, 0.3) is 0 Å². The molecule has 1 aromatic rings. The standard InChI is InChI=1S/C14H20N2O3/c1-10(15)14(17)16-11-4-2-5-12(8-11)19-9-13-6-3-7-18-13/h2,4-5,8,10,13H,3,6-7,9,15H2,1H3,(H,16,17). The zero-order valence-electron chi connectivity index (χ0n) is 11.1. The summed E-state index contributed by atoms with van der Waals surface area (Å²) in [5, 5.41) is 2.73. The third-order valence-electron chi connectivity index (χ3n) is 2.98. The molecule has 1 heterocycles. The van der Waals surface area contributed by atoms with Crippen LogP contribution in [-0.4, -0.2) is 31.3 Å². The summed E-state index contributed by atoms with van der Waals surface area (Å²) in [6.45, 7) is 3.01. The number of hydrogen-bond donors (Lipinski definition) is 2. The summed E-state index contributed by atoms with van der Waals surface area (Å²) < 4.78 is 11.2. The quantitative estimate of drug-likeness (QED) is 0.846. The number of amides is 1. The molecule has 0 bridgehead atoms. The second kappa shape index (κ2) is 6.54. The van der Waals surface area contributed by atoms with E-state index in [0.717, 1.165) is 25.2 Å². The summed E-state index contributed by atoms with van der Waals surface area (Å²) in [4.78, 5) is 11.5. The molecule has 0 radical (unpaired) electrons. The molecule has 0 aliphatic carbocycles. The van der Waals surface area contributed by atoms with E-state index >= 15 is 0 Å². The summed E-state index contributed by atoms with van der Waals surface area (Å²) in [5.74, 6) is 0.509. The molecule has 0 aromatic heterocycles. The van der Waals surface area contributed by atoms with E-state index in [2.05, 4.69) is 5.32 Å². The fourth-order valence-corrected chi connectivity index (χ4v) is 1.88. The Labute approximate surface area is 113 Å². The third kappa shape index (κ3) is 4.22. The summed E-state index contributed by atoms with van der Waals surface area (Å²) >= 11 is 0. The Morgan fingerprint density at radius 2 is 2.47 bits per heavy atom. The summed E-state index contributed by atoms with van der Waals surface area (Å²) in [6, 6.07) is 6.75. The van der Waals surface area contributed by atoms with Crippen molar-refractivity contribution in [2.24, 2.45) is 5.73 Å². The molecule has 1 aliphatic rings. The van der Waals surface area contributed by atoms with Crippen LogP contribution in [0.2, 0.25) is 0 Å². The van der Waals surface area contributed by atoms with Crippen molar-refractivity contribution >= 4 is 11.6 Å². The molecule has 5 nitrogen and oxygen atoms in total. The van der Waals surface area contributed by atoms with Crippen molar-refractivity contribution in [1.29, 1.82) is 0 Å². The van der Waals surface area contributed by atoms with Crippen molar-refractivity contribution in [3.05, 3.63) is 24.3 Å². The van der Waals surface area contributed by atoms with Crippen molar-refractivity contribution in [2.75, 3.05) is 18.5 Å². The minimum absolute atomic E-state index is 0.183. The molecule has 1 amide bonds. The van der Waals surface area contributed by atoms with E-state index in [9.17, 15) is 4.79 Å². The van der Waals surface area contributed by atoms with Crippen molar-refractivity contribution in [2.45, 2.75) is 31.9 Å². The van der Waals surface area contributed by atoms with E-state index in [4.69, 9.17) is 15.2 Å². The maximum absolute atomic E-state index is 11.5. The van der Waals surface area contributed by atoms with Gasteiger partial charge in [0.1, 0.15) is 12.4 Å². The number of hydrogen-bond acceptors (Lipinski definition) is 4. The van der Waals surface area contributed by atoms with E-state index < -0.39 is 6.04 Å². The van der Waals surface area contributed by atoms with Crippen LogP contribution in [0.4, 0.5) is 5.69 Å². The second-order valence-corrected chi connectivity index (χ2v) is 4.75. The number of rotatable bonds is 5. The third-order valence-corrected chi connectivity index (χ3v) is 2.98. The molecule has 104 valence electrons. The average molecular weight is 264 g/mol. The number of benzene rings is 1. The number of carbonyl (C=O) groups is 1. The molecular formula is C14H20N2O3. The van der Waals surface area contributed by atoms with Crippen LogP contribution in [-0.2, 0) is 9.53 Å². The van der Waals surface area contributed by atoms with Crippen LogP contribution in [0.1, 0.15) is 19.8 Å². The first-order valence-corrected chi connectivity index (χ1v) is 6.56. The molecule has 5 heteroatoms. The van der Waals surface area contributed by atoms with E-state index in [-0.39, 0.29) is 12.0 Å². The van der Waals surface area contributed by atoms with Crippen LogP contribution in [0, 0.1) is 0 Å². The highest BCUT2D eigenvalue weighted by atomic mass is 16.5. The zero-order chi connectivity index (χ0) is 13.7. The monoisotopic (exact) mass is 264 g/mol. The topological polar surface area (TPSA) is 73.6 Å². The lowest BCUT2D eigenvalue weighted by Crippen LogP contribution is -2.32. The lowest BCUT2D eigenvalue weighted by Gasteiger charge is -2.13. The van der Waals surface area contributed by atoms with Gasteiger partial charge < -0.3 is 20.5 Å². The number of nitrogens with two attached hydrogens (primary N) is 1. The molecule has 1 aromatic carbocycles. The maximum Gasteiger partial charge on any atom is 0.241 e. The molecule has 3 N–H and O–H groups in total. The van der Waals surface area contributed by atoms with E-state index in [0.29, 0.717) is 12.3 Å². The molecule has 19 heavy (non-hydrogen) atoms. The van der Waals surface area contributed by atoms with Crippen molar-refractivity contribution in [3.8, 4) is 5.75 Å². The first-order valence-electron chi connectivity index (χ1n) is 6.56. The molecule has 0 saturated carbocycles. The van der Waals surface area contributed by atoms with Crippen LogP contribution >= 0.6 is 0 Å². The lowest BCUT2D eigenvalue weighted by molar-refractivity contribution is -0.117. The first-order chi connectivity index (χ1) is 9.15. The van der Waals surface area contributed by atoms with Gasteiger partial charge in [0.2, 0.25) is 5.91 Å². The predicted octanol–water partition coefficient (Wildman–Crippen LogP) is 1.53. The van der Waals surface area contributed by atoms with Gasteiger partial charge in [-0.2, -0.15) is 0 Å². The number of carbonyl (C=O) groups excluding carboxylic acids is 1. The molecule has 1 aliphatic heterocycles. The Kier molecular flexibility index (Phi) is 4.76.